The molecule has 5 heteroatoms. The number of hydrogen-bond donors (Lipinski definition) is 3. The number of aliphatic hydroxyl groups excluding tert-OH is 1. The van der Waals surface area contributed by atoms with Crippen LogP contribution in [-0.2, 0) is 13.0 Å². The van der Waals surface area contributed by atoms with Crippen molar-refractivity contribution in [3.63, 3.8) is 0 Å². The number of benzene rings is 1. The van der Waals surface area contributed by atoms with Gasteiger partial charge in [0.1, 0.15) is 0 Å². The summed E-state index contributed by atoms with van der Waals surface area (Å²) in [6, 6.07) is 12.8. The molecule has 1 unspecified atom stereocenters. The smallest absolute Gasteiger partial charge is 0.315 e. The third-order valence-corrected chi connectivity index (χ3v) is 3.08. The fourth-order valence-electron chi connectivity index (χ4n) is 1.98. The second-order valence-electron chi connectivity index (χ2n) is 4.75. The summed E-state index contributed by atoms with van der Waals surface area (Å²) < 4.78 is 0. The van der Waals surface area contributed by atoms with Crippen molar-refractivity contribution >= 4 is 6.03 Å². The Bertz CT molecular complexity index is 546. The Morgan fingerprint density at radius 3 is 2.48 bits per heavy atom. The molecule has 0 aliphatic rings. The van der Waals surface area contributed by atoms with E-state index in [2.05, 4.69) is 15.6 Å². The first-order valence-electron chi connectivity index (χ1n) is 6.86. The van der Waals surface area contributed by atoms with E-state index in [1.54, 1.807) is 12.4 Å². The lowest BCUT2D eigenvalue weighted by Crippen LogP contribution is -2.44. The van der Waals surface area contributed by atoms with Crippen LogP contribution in [0.5, 0.6) is 0 Å². The van der Waals surface area contributed by atoms with Crippen molar-refractivity contribution in [3.8, 4) is 0 Å². The molecule has 1 aromatic heterocycles. The van der Waals surface area contributed by atoms with E-state index in [4.69, 9.17) is 0 Å². The van der Waals surface area contributed by atoms with Crippen LogP contribution >= 0.6 is 0 Å². The summed E-state index contributed by atoms with van der Waals surface area (Å²) in [7, 11) is 0. The molecular weight excluding hydrogens is 266 g/mol. The minimum atomic E-state index is -0.301. The second-order valence-corrected chi connectivity index (χ2v) is 4.75. The molecule has 1 atom stereocenters. The SMILES string of the molecule is O=C(NCc1ccncc1)NC(CO)Cc1ccccc1. The van der Waals surface area contributed by atoms with Crippen LogP contribution in [0.2, 0.25) is 0 Å². The number of aromatic nitrogens is 1. The van der Waals surface area contributed by atoms with Gasteiger partial charge in [-0.3, -0.25) is 4.98 Å². The lowest BCUT2D eigenvalue weighted by Gasteiger charge is -2.17. The Labute approximate surface area is 124 Å². The molecule has 0 saturated heterocycles. The lowest BCUT2D eigenvalue weighted by atomic mass is 10.1. The molecule has 0 radical (unpaired) electrons. The molecule has 0 spiro atoms. The first-order valence-corrected chi connectivity index (χ1v) is 6.86. The molecular formula is C16H19N3O2. The molecule has 3 N–H and O–H groups in total. The van der Waals surface area contributed by atoms with Gasteiger partial charge in [-0.25, -0.2) is 4.79 Å². The minimum absolute atomic E-state index is 0.0996. The van der Waals surface area contributed by atoms with Crippen molar-refractivity contribution in [2.45, 2.75) is 19.0 Å². The maximum atomic E-state index is 11.8. The predicted octanol–water partition coefficient (Wildman–Crippen LogP) is 1.48. The third-order valence-electron chi connectivity index (χ3n) is 3.08. The van der Waals surface area contributed by atoms with Crippen LogP contribution in [0.1, 0.15) is 11.1 Å². The zero-order chi connectivity index (χ0) is 14.9. The van der Waals surface area contributed by atoms with Crippen molar-refractivity contribution in [2.24, 2.45) is 0 Å². The Kier molecular flexibility index (Phi) is 5.72. The zero-order valence-corrected chi connectivity index (χ0v) is 11.7. The summed E-state index contributed by atoms with van der Waals surface area (Å²) >= 11 is 0. The van der Waals surface area contributed by atoms with Gasteiger partial charge in [0.2, 0.25) is 0 Å². The molecule has 5 nitrogen and oxygen atoms in total. The summed E-state index contributed by atoms with van der Waals surface area (Å²) in [5, 5.41) is 14.9. The number of rotatable bonds is 6. The maximum absolute atomic E-state index is 11.8. The summed E-state index contributed by atoms with van der Waals surface area (Å²) in [5.74, 6) is 0. The van der Waals surface area contributed by atoms with Gasteiger partial charge in [-0.05, 0) is 29.7 Å². The van der Waals surface area contributed by atoms with E-state index in [1.165, 1.54) is 0 Å². The van der Waals surface area contributed by atoms with Crippen LogP contribution < -0.4 is 10.6 Å². The van der Waals surface area contributed by atoms with Crippen LogP contribution in [-0.4, -0.2) is 28.8 Å². The first-order chi connectivity index (χ1) is 10.3. The van der Waals surface area contributed by atoms with Crippen LogP contribution in [0, 0.1) is 0 Å². The summed E-state index contributed by atoms with van der Waals surface area (Å²) in [6.45, 7) is 0.329. The molecule has 21 heavy (non-hydrogen) atoms. The van der Waals surface area contributed by atoms with Crippen LogP contribution in [0.3, 0.4) is 0 Å². The van der Waals surface area contributed by atoms with E-state index in [0.717, 1.165) is 11.1 Å². The van der Waals surface area contributed by atoms with Gasteiger partial charge in [-0.1, -0.05) is 30.3 Å². The fraction of sp³-hybridized carbons (Fsp3) is 0.250. The number of hydrogen-bond acceptors (Lipinski definition) is 3. The van der Waals surface area contributed by atoms with E-state index in [9.17, 15) is 9.90 Å². The van der Waals surface area contributed by atoms with Crippen molar-refractivity contribution in [2.75, 3.05) is 6.61 Å². The van der Waals surface area contributed by atoms with Gasteiger partial charge in [0, 0.05) is 18.9 Å². The molecule has 1 heterocycles. The molecule has 2 aromatic rings. The van der Waals surface area contributed by atoms with Gasteiger partial charge in [0.15, 0.2) is 0 Å². The maximum Gasteiger partial charge on any atom is 0.315 e. The zero-order valence-electron chi connectivity index (χ0n) is 11.7. The van der Waals surface area contributed by atoms with Gasteiger partial charge in [-0.15, -0.1) is 0 Å². The van der Waals surface area contributed by atoms with E-state index >= 15 is 0 Å². The summed E-state index contributed by atoms with van der Waals surface area (Å²) in [6.07, 6.45) is 3.96. The van der Waals surface area contributed by atoms with Crippen molar-refractivity contribution in [1.29, 1.82) is 0 Å². The largest absolute Gasteiger partial charge is 0.394 e. The van der Waals surface area contributed by atoms with E-state index in [-0.39, 0.29) is 18.7 Å². The number of carbonyl (C=O) groups is 1. The number of urea groups is 1. The highest BCUT2D eigenvalue weighted by molar-refractivity contribution is 5.74. The predicted molar refractivity (Wildman–Crippen MR) is 80.6 cm³/mol. The highest BCUT2D eigenvalue weighted by Crippen LogP contribution is 2.03. The van der Waals surface area contributed by atoms with E-state index in [0.29, 0.717) is 13.0 Å². The second kappa shape index (κ2) is 8.01. The van der Waals surface area contributed by atoms with Crippen LogP contribution in [0.15, 0.2) is 54.9 Å². The molecule has 2 rings (SSSR count). The average molecular weight is 285 g/mol. The molecule has 0 fully saturated rings. The number of amides is 2. The monoisotopic (exact) mass is 285 g/mol. The normalized spacial score (nSPS) is 11.7. The quantitative estimate of drug-likeness (QED) is 0.752. The van der Waals surface area contributed by atoms with Crippen molar-refractivity contribution < 1.29 is 9.90 Å². The molecule has 2 amide bonds. The average Bonchev–Trinajstić information content (AvgIpc) is 2.54. The number of carbonyl (C=O) groups excluding carboxylic acids is 1. The van der Waals surface area contributed by atoms with E-state index < -0.39 is 0 Å². The highest BCUT2D eigenvalue weighted by atomic mass is 16.3. The van der Waals surface area contributed by atoms with E-state index in [1.807, 2.05) is 42.5 Å². The molecule has 0 aliphatic heterocycles. The standard InChI is InChI=1S/C16H19N3O2/c20-12-15(10-13-4-2-1-3-5-13)19-16(21)18-11-14-6-8-17-9-7-14/h1-9,15,20H,10-12H2,(H2,18,19,21). The van der Waals surface area contributed by atoms with Crippen molar-refractivity contribution in [3.05, 3.63) is 66.0 Å². The Hall–Kier alpha value is -2.40. The van der Waals surface area contributed by atoms with Gasteiger partial charge >= 0.3 is 6.03 Å². The number of nitrogens with one attached hydrogen (secondary N) is 2. The third kappa shape index (κ3) is 5.24. The molecule has 0 aliphatic carbocycles. The Morgan fingerprint density at radius 1 is 1.10 bits per heavy atom. The number of pyridine rings is 1. The van der Waals surface area contributed by atoms with Gasteiger partial charge < -0.3 is 15.7 Å². The molecule has 0 saturated carbocycles. The lowest BCUT2D eigenvalue weighted by molar-refractivity contribution is 0.215. The highest BCUT2D eigenvalue weighted by Gasteiger charge is 2.11. The Morgan fingerprint density at radius 2 is 1.81 bits per heavy atom. The van der Waals surface area contributed by atoms with Crippen LogP contribution in [0.4, 0.5) is 4.79 Å². The van der Waals surface area contributed by atoms with Gasteiger partial charge in [-0.2, -0.15) is 0 Å². The molecule has 1 aromatic carbocycles. The first kappa shape index (κ1) is 15.0. The van der Waals surface area contributed by atoms with Crippen LogP contribution in [0.25, 0.3) is 0 Å². The summed E-state index contributed by atoms with van der Waals surface area (Å²) in [5.41, 5.74) is 2.05. The number of aliphatic hydroxyl groups is 1. The van der Waals surface area contributed by atoms with Crippen molar-refractivity contribution in [1.82, 2.24) is 15.6 Å². The minimum Gasteiger partial charge on any atom is -0.394 e. The van der Waals surface area contributed by atoms with Gasteiger partial charge in [0.05, 0.1) is 12.6 Å². The van der Waals surface area contributed by atoms with Gasteiger partial charge in [0.25, 0.3) is 0 Å². The Balaban J connectivity index is 1.80. The number of nitrogens with zero attached hydrogens (tertiary/aromatic N) is 1. The topological polar surface area (TPSA) is 74.2 Å². The molecule has 110 valence electrons. The molecule has 0 bridgehead atoms. The summed E-state index contributed by atoms with van der Waals surface area (Å²) in [4.78, 5) is 15.7. The fourth-order valence-corrected chi connectivity index (χ4v) is 1.98.